The summed E-state index contributed by atoms with van der Waals surface area (Å²) in [4.78, 5) is 5.13. The highest BCUT2D eigenvalue weighted by molar-refractivity contribution is 7.15. The third-order valence-corrected chi connectivity index (χ3v) is 3.68. The number of rotatable bonds is 2. The van der Waals surface area contributed by atoms with Crippen molar-refractivity contribution < 1.29 is 4.39 Å². The van der Waals surface area contributed by atoms with Crippen molar-refractivity contribution in [3.05, 3.63) is 40.8 Å². The van der Waals surface area contributed by atoms with Crippen molar-refractivity contribution in [2.45, 2.75) is 12.8 Å². The van der Waals surface area contributed by atoms with Crippen LogP contribution in [0.5, 0.6) is 0 Å². The number of thiazole rings is 1. The summed E-state index contributed by atoms with van der Waals surface area (Å²) in [7, 11) is 0. The standard InChI is InChI=1S/C11H9ClFNS/c1-7-11(15-10(6-12)14-7)8-4-2-3-5-9(8)13/h2-5H,6H2,1H3. The molecule has 0 aliphatic rings. The van der Waals surface area contributed by atoms with E-state index in [1.54, 1.807) is 12.1 Å². The molecule has 0 unspecified atom stereocenters. The van der Waals surface area contributed by atoms with Gasteiger partial charge in [0.1, 0.15) is 10.8 Å². The van der Waals surface area contributed by atoms with Gasteiger partial charge in [-0.15, -0.1) is 22.9 Å². The Morgan fingerprint density at radius 3 is 2.73 bits per heavy atom. The SMILES string of the molecule is Cc1nc(CCl)sc1-c1ccccc1F. The monoisotopic (exact) mass is 241 g/mol. The number of aryl methyl sites for hydroxylation is 1. The first-order valence-electron chi connectivity index (χ1n) is 4.49. The minimum atomic E-state index is -0.217. The zero-order valence-corrected chi connectivity index (χ0v) is 9.70. The van der Waals surface area contributed by atoms with E-state index >= 15 is 0 Å². The maximum Gasteiger partial charge on any atom is 0.131 e. The summed E-state index contributed by atoms with van der Waals surface area (Å²) in [5, 5.41) is 0.826. The number of halogens is 2. The van der Waals surface area contributed by atoms with Crippen LogP contribution in [0, 0.1) is 12.7 Å². The molecule has 1 nitrogen and oxygen atoms in total. The van der Waals surface area contributed by atoms with Crippen molar-refractivity contribution in [1.29, 1.82) is 0 Å². The first kappa shape index (κ1) is 10.6. The Hall–Kier alpha value is -0.930. The lowest BCUT2D eigenvalue weighted by Crippen LogP contribution is -1.82. The molecule has 0 saturated carbocycles. The van der Waals surface area contributed by atoms with E-state index < -0.39 is 0 Å². The van der Waals surface area contributed by atoms with Gasteiger partial charge in [-0.2, -0.15) is 0 Å². The lowest BCUT2D eigenvalue weighted by atomic mass is 10.1. The molecule has 4 heteroatoms. The molecule has 0 fully saturated rings. The summed E-state index contributed by atoms with van der Waals surface area (Å²) in [6.45, 7) is 1.87. The van der Waals surface area contributed by atoms with Crippen LogP contribution in [0.4, 0.5) is 4.39 Å². The quantitative estimate of drug-likeness (QED) is 0.725. The van der Waals surface area contributed by atoms with Crippen LogP contribution in [0.1, 0.15) is 10.7 Å². The largest absolute Gasteiger partial charge is 0.245 e. The Bertz CT molecular complexity index is 481. The highest BCUT2D eigenvalue weighted by Gasteiger charge is 2.12. The van der Waals surface area contributed by atoms with E-state index in [1.165, 1.54) is 17.4 Å². The predicted octanol–water partition coefficient (Wildman–Crippen LogP) is 4.00. The molecule has 0 amide bonds. The Labute approximate surface area is 96.5 Å². The zero-order valence-electron chi connectivity index (χ0n) is 8.13. The van der Waals surface area contributed by atoms with Crippen molar-refractivity contribution in [2.24, 2.45) is 0 Å². The van der Waals surface area contributed by atoms with Crippen molar-refractivity contribution >= 4 is 22.9 Å². The highest BCUT2D eigenvalue weighted by Crippen LogP contribution is 2.32. The van der Waals surface area contributed by atoms with Crippen molar-refractivity contribution in [3.63, 3.8) is 0 Å². The summed E-state index contributed by atoms with van der Waals surface area (Å²) in [5.74, 6) is 0.158. The zero-order chi connectivity index (χ0) is 10.8. The molecule has 0 bridgehead atoms. The predicted molar refractivity (Wildman–Crippen MR) is 61.8 cm³/mol. The number of hydrogen-bond acceptors (Lipinski definition) is 2. The second-order valence-corrected chi connectivity index (χ2v) is 4.49. The molecule has 15 heavy (non-hydrogen) atoms. The van der Waals surface area contributed by atoms with Crippen LogP contribution in [0.15, 0.2) is 24.3 Å². The number of alkyl halides is 1. The molecule has 0 radical (unpaired) electrons. The van der Waals surface area contributed by atoms with Crippen LogP contribution in [0.2, 0.25) is 0 Å². The molecule has 1 aromatic carbocycles. The number of aromatic nitrogens is 1. The van der Waals surface area contributed by atoms with Crippen LogP contribution in [0.3, 0.4) is 0 Å². The fraction of sp³-hybridized carbons (Fsp3) is 0.182. The van der Waals surface area contributed by atoms with Gasteiger partial charge in [0.2, 0.25) is 0 Å². The van der Waals surface area contributed by atoms with E-state index in [1.807, 2.05) is 13.0 Å². The molecule has 0 saturated heterocycles. The maximum absolute atomic E-state index is 13.5. The summed E-state index contributed by atoms with van der Waals surface area (Å²) < 4.78 is 13.5. The third-order valence-electron chi connectivity index (χ3n) is 2.07. The van der Waals surface area contributed by atoms with E-state index in [2.05, 4.69) is 4.98 Å². The van der Waals surface area contributed by atoms with Crippen LogP contribution >= 0.6 is 22.9 Å². The molecule has 2 aromatic rings. The normalized spacial score (nSPS) is 10.6. The molecular formula is C11H9ClFNS. The maximum atomic E-state index is 13.5. The molecule has 1 heterocycles. The Morgan fingerprint density at radius 1 is 1.40 bits per heavy atom. The van der Waals surface area contributed by atoms with Gasteiger partial charge in [0.15, 0.2) is 0 Å². The van der Waals surface area contributed by atoms with Gasteiger partial charge < -0.3 is 0 Å². The molecule has 0 aliphatic heterocycles. The summed E-state index contributed by atoms with van der Waals surface area (Å²) in [6.07, 6.45) is 0. The Balaban J connectivity index is 2.54. The minimum absolute atomic E-state index is 0.217. The van der Waals surface area contributed by atoms with Gasteiger partial charge in [0, 0.05) is 5.56 Å². The molecule has 0 aliphatic carbocycles. The highest BCUT2D eigenvalue weighted by atomic mass is 35.5. The van der Waals surface area contributed by atoms with E-state index in [9.17, 15) is 4.39 Å². The van der Waals surface area contributed by atoms with Gasteiger partial charge in [0.05, 0.1) is 16.5 Å². The molecular weight excluding hydrogens is 233 g/mol. The summed E-state index contributed by atoms with van der Waals surface area (Å²) in [6, 6.07) is 6.71. The number of nitrogens with zero attached hydrogens (tertiary/aromatic N) is 1. The van der Waals surface area contributed by atoms with Crippen molar-refractivity contribution in [1.82, 2.24) is 4.98 Å². The van der Waals surface area contributed by atoms with Gasteiger partial charge in [-0.25, -0.2) is 9.37 Å². The molecule has 0 N–H and O–H groups in total. The summed E-state index contributed by atoms with van der Waals surface area (Å²) >= 11 is 7.14. The number of benzene rings is 1. The van der Waals surface area contributed by atoms with Crippen LogP contribution < -0.4 is 0 Å². The first-order valence-corrected chi connectivity index (χ1v) is 5.84. The Morgan fingerprint density at radius 2 is 2.13 bits per heavy atom. The van der Waals surface area contributed by atoms with Crippen molar-refractivity contribution in [2.75, 3.05) is 0 Å². The Kier molecular flexibility index (Phi) is 3.03. The molecule has 2 rings (SSSR count). The van der Waals surface area contributed by atoms with E-state index in [0.29, 0.717) is 11.4 Å². The molecule has 78 valence electrons. The van der Waals surface area contributed by atoms with Crippen LogP contribution in [-0.2, 0) is 5.88 Å². The second kappa shape index (κ2) is 4.29. The summed E-state index contributed by atoms with van der Waals surface area (Å²) in [5.41, 5.74) is 1.43. The van der Waals surface area contributed by atoms with Gasteiger partial charge in [-0.1, -0.05) is 18.2 Å². The van der Waals surface area contributed by atoms with E-state index in [-0.39, 0.29) is 5.82 Å². The topological polar surface area (TPSA) is 12.9 Å². The average Bonchev–Trinajstić information content (AvgIpc) is 2.60. The lowest BCUT2D eigenvalue weighted by Gasteiger charge is -1.99. The first-order chi connectivity index (χ1) is 7.22. The van der Waals surface area contributed by atoms with Gasteiger partial charge in [0.25, 0.3) is 0 Å². The lowest BCUT2D eigenvalue weighted by molar-refractivity contribution is 0.631. The van der Waals surface area contributed by atoms with E-state index in [0.717, 1.165) is 15.6 Å². The molecule has 0 spiro atoms. The van der Waals surface area contributed by atoms with Gasteiger partial charge in [-0.05, 0) is 13.0 Å². The second-order valence-electron chi connectivity index (χ2n) is 3.14. The van der Waals surface area contributed by atoms with Gasteiger partial charge >= 0.3 is 0 Å². The smallest absolute Gasteiger partial charge is 0.131 e. The van der Waals surface area contributed by atoms with Crippen LogP contribution in [-0.4, -0.2) is 4.98 Å². The average molecular weight is 242 g/mol. The van der Waals surface area contributed by atoms with Crippen molar-refractivity contribution in [3.8, 4) is 10.4 Å². The molecule has 1 aromatic heterocycles. The minimum Gasteiger partial charge on any atom is -0.245 e. The van der Waals surface area contributed by atoms with E-state index in [4.69, 9.17) is 11.6 Å². The fourth-order valence-electron chi connectivity index (χ4n) is 1.40. The third kappa shape index (κ3) is 2.03. The van der Waals surface area contributed by atoms with Crippen LogP contribution in [0.25, 0.3) is 10.4 Å². The number of hydrogen-bond donors (Lipinski definition) is 0. The fourth-order valence-corrected chi connectivity index (χ4v) is 2.57. The molecule has 0 atom stereocenters. The van der Waals surface area contributed by atoms with Gasteiger partial charge in [-0.3, -0.25) is 0 Å².